The SMILES string of the molecule is C[C@@]1(O)C2CC[C@H]1CC(S(=O)(=O)c1cc(C(=O)Nc3ccc(F)c(F)c3)ccc1F)C2. The van der Waals surface area contributed by atoms with E-state index >= 15 is 0 Å². The van der Waals surface area contributed by atoms with E-state index in [1.165, 1.54) is 0 Å². The fraction of sp³-hybridized carbons (Fsp3) is 0.409. The number of fused-ring (bicyclic) bond motifs is 2. The minimum atomic E-state index is -4.09. The van der Waals surface area contributed by atoms with Crippen LogP contribution in [0.2, 0.25) is 0 Å². The van der Waals surface area contributed by atoms with Crippen molar-refractivity contribution >= 4 is 21.4 Å². The van der Waals surface area contributed by atoms with E-state index in [1.807, 2.05) is 0 Å². The zero-order valence-electron chi connectivity index (χ0n) is 16.7. The van der Waals surface area contributed by atoms with Crippen molar-refractivity contribution in [2.24, 2.45) is 11.8 Å². The molecule has 0 aliphatic heterocycles. The van der Waals surface area contributed by atoms with Crippen molar-refractivity contribution in [3.05, 3.63) is 59.4 Å². The predicted octanol–water partition coefficient (Wildman–Crippen LogP) is 4.07. The van der Waals surface area contributed by atoms with Gasteiger partial charge in [-0.1, -0.05) is 0 Å². The van der Waals surface area contributed by atoms with Gasteiger partial charge in [0.25, 0.3) is 5.91 Å². The van der Waals surface area contributed by atoms with Crippen molar-refractivity contribution in [1.29, 1.82) is 0 Å². The number of hydrogen-bond acceptors (Lipinski definition) is 4. The number of halogens is 3. The molecule has 2 N–H and O–H groups in total. The zero-order chi connectivity index (χ0) is 22.6. The van der Waals surface area contributed by atoms with Gasteiger partial charge < -0.3 is 10.4 Å². The number of sulfone groups is 1. The molecule has 2 aromatic rings. The van der Waals surface area contributed by atoms with Crippen LogP contribution in [0.4, 0.5) is 18.9 Å². The standard InChI is InChI=1S/C22H22F3NO4S/c1-22(28)13-3-4-14(22)10-16(9-13)31(29,30)20-8-12(2-6-18(20)24)21(27)26-15-5-7-17(23)19(25)11-15/h2,5-8,11,13-14,16,28H,3-4,9-10H2,1H3,(H,26,27)/t13-,14?,16?,22-/m0/s1. The summed E-state index contributed by atoms with van der Waals surface area (Å²) in [4.78, 5) is 11.9. The first-order valence-electron chi connectivity index (χ1n) is 10.0. The summed E-state index contributed by atoms with van der Waals surface area (Å²) < 4.78 is 67.4. The number of carbonyl (C=O) groups excluding carboxylic acids is 1. The molecule has 2 bridgehead atoms. The maximum atomic E-state index is 14.5. The monoisotopic (exact) mass is 453 g/mol. The Labute approximate surface area is 178 Å². The highest BCUT2D eigenvalue weighted by Crippen LogP contribution is 2.51. The zero-order valence-corrected chi connectivity index (χ0v) is 17.6. The number of nitrogens with one attached hydrogen (secondary N) is 1. The molecule has 2 saturated carbocycles. The first-order chi connectivity index (χ1) is 14.5. The predicted molar refractivity (Wildman–Crippen MR) is 108 cm³/mol. The molecule has 2 aromatic carbocycles. The fourth-order valence-corrected chi connectivity index (χ4v) is 6.80. The van der Waals surface area contributed by atoms with Gasteiger partial charge in [0.05, 0.1) is 10.9 Å². The van der Waals surface area contributed by atoms with Crippen LogP contribution < -0.4 is 5.32 Å². The average molecular weight is 453 g/mol. The number of hydrogen-bond donors (Lipinski definition) is 2. The second-order valence-electron chi connectivity index (χ2n) is 8.56. The van der Waals surface area contributed by atoms with Gasteiger partial charge in [0.1, 0.15) is 10.7 Å². The third kappa shape index (κ3) is 3.85. The number of benzene rings is 2. The first-order valence-corrected chi connectivity index (χ1v) is 11.6. The van der Waals surface area contributed by atoms with Gasteiger partial charge in [-0.05, 0) is 74.8 Å². The van der Waals surface area contributed by atoms with Crippen molar-refractivity contribution in [3.8, 4) is 0 Å². The van der Waals surface area contributed by atoms with Gasteiger partial charge in [0.15, 0.2) is 21.5 Å². The van der Waals surface area contributed by atoms with E-state index in [1.54, 1.807) is 6.92 Å². The van der Waals surface area contributed by atoms with E-state index in [0.29, 0.717) is 0 Å². The third-order valence-corrected chi connectivity index (χ3v) is 8.92. The topological polar surface area (TPSA) is 83.5 Å². The van der Waals surface area contributed by atoms with E-state index < -0.39 is 48.9 Å². The van der Waals surface area contributed by atoms with Crippen LogP contribution in [0.25, 0.3) is 0 Å². The summed E-state index contributed by atoms with van der Waals surface area (Å²) in [5.74, 6) is -4.32. The molecule has 2 aliphatic carbocycles. The number of amides is 1. The highest BCUT2D eigenvalue weighted by molar-refractivity contribution is 7.92. The van der Waals surface area contributed by atoms with Crippen LogP contribution in [0.1, 0.15) is 43.0 Å². The van der Waals surface area contributed by atoms with Crippen molar-refractivity contribution in [1.82, 2.24) is 0 Å². The van der Waals surface area contributed by atoms with Gasteiger partial charge in [-0.2, -0.15) is 0 Å². The van der Waals surface area contributed by atoms with Gasteiger partial charge in [-0.25, -0.2) is 21.6 Å². The van der Waals surface area contributed by atoms with Crippen LogP contribution in [-0.4, -0.2) is 30.3 Å². The molecular formula is C22H22F3NO4S. The van der Waals surface area contributed by atoms with E-state index in [4.69, 9.17) is 0 Å². The number of rotatable bonds is 4. The van der Waals surface area contributed by atoms with Gasteiger partial charge in [0.2, 0.25) is 0 Å². The highest BCUT2D eigenvalue weighted by atomic mass is 32.2. The maximum Gasteiger partial charge on any atom is 0.255 e. The summed E-state index contributed by atoms with van der Waals surface area (Å²) in [6.45, 7) is 1.72. The number of carbonyl (C=O) groups is 1. The fourth-order valence-electron chi connectivity index (χ4n) is 4.84. The molecule has 4 rings (SSSR count). The molecule has 1 amide bonds. The second-order valence-corrected chi connectivity index (χ2v) is 10.8. The normalized spacial score (nSPS) is 27.8. The molecule has 5 nitrogen and oxygen atoms in total. The molecule has 2 unspecified atom stereocenters. The van der Waals surface area contributed by atoms with Crippen LogP contribution in [0, 0.1) is 29.3 Å². The van der Waals surface area contributed by atoms with Gasteiger partial charge >= 0.3 is 0 Å². The molecule has 166 valence electrons. The lowest BCUT2D eigenvalue weighted by atomic mass is 9.76. The summed E-state index contributed by atoms with van der Waals surface area (Å²) in [7, 11) is -4.09. The Balaban J connectivity index is 1.60. The Hall–Kier alpha value is -2.39. The Morgan fingerprint density at radius 1 is 1.00 bits per heavy atom. The van der Waals surface area contributed by atoms with Gasteiger partial charge in [0, 0.05) is 17.3 Å². The van der Waals surface area contributed by atoms with Crippen molar-refractivity contribution in [3.63, 3.8) is 0 Å². The summed E-state index contributed by atoms with van der Waals surface area (Å²) in [5.41, 5.74) is -1.07. The number of aliphatic hydroxyl groups is 1. The molecule has 2 fully saturated rings. The molecule has 9 heteroatoms. The van der Waals surface area contributed by atoms with Crippen molar-refractivity contribution < 1.29 is 31.5 Å². The first kappa shape index (κ1) is 21.8. The van der Waals surface area contributed by atoms with Crippen LogP contribution in [0.5, 0.6) is 0 Å². The van der Waals surface area contributed by atoms with Crippen LogP contribution in [0.15, 0.2) is 41.3 Å². The van der Waals surface area contributed by atoms with Crippen LogP contribution >= 0.6 is 0 Å². The van der Waals surface area contributed by atoms with E-state index in [0.717, 1.165) is 49.2 Å². The molecule has 2 aliphatic rings. The largest absolute Gasteiger partial charge is 0.390 e. The molecule has 0 heterocycles. The number of anilines is 1. The summed E-state index contributed by atoms with van der Waals surface area (Å²) in [5, 5.41) is 12.1. The Kier molecular flexibility index (Phi) is 5.37. The van der Waals surface area contributed by atoms with E-state index in [9.17, 15) is 31.5 Å². The van der Waals surface area contributed by atoms with E-state index in [2.05, 4.69) is 5.32 Å². The molecule has 0 saturated heterocycles. The highest BCUT2D eigenvalue weighted by Gasteiger charge is 2.53. The molecular weight excluding hydrogens is 431 g/mol. The minimum absolute atomic E-state index is 0.0243. The Morgan fingerprint density at radius 2 is 1.61 bits per heavy atom. The van der Waals surface area contributed by atoms with E-state index in [-0.39, 0.29) is 35.9 Å². The molecule has 31 heavy (non-hydrogen) atoms. The average Bonchev–Trinajstić information content (AvgIpc) is 2.87. The molecule has 0 radical (unpaired) electrons. The lowest BCUT2D eigenvalue weighted by molar-refractivity contribution is -0.0413. The smallest absolute Gasteiger partial charge is 0.255 e. The summed E-state index contributed by atoms with van der Waals surface area (Å²) in [6, 6.07) is 5.78. The quantitative estimate of drug-likeness (QED) is 0.731. The molecule has 4 atom stereocenters. The van der Waals surface area contributed by atoms with Gasteiger partial charge in [-0.15, -0.1) is 0 Å². The minimum Gasteiger partial charge on any atom is -0.390 e. The Morgan fingerprint density at radius 3 is 2.23 bits per heavy atom. The summed E-state index contributed by atoms with van der Waals surface area (Å²) in [6.07, 6.45) is 1.92. The maximum absolute atomic E-state index is 14.5. The molecule has 0 spiro atoms. The summed E-state index contributed by atoms with van der Waals surface area (Å²) >= 11 is 0. The van der Waals surface area contributed by atoms with Crippen molar-refractivity contribution in [2.45, 2.75) is 48.4 Å². The second kappa shape index (κ2) is 7.63. The van der Waals surface area contributed by atoms with Gasteiger partial charge in [-0.3, -0.25) is 4.79 Å². The lowest BCUT2D eigenvalue weighted by Crippen LogP contribution is -2.45. The van der Waals surface area contributed by atoms with Crippen molar-refractivity contribution in [2.75, 3.05) is 5.32 Å². The Bertz CT molecular complexity index is 1130. The van der Waals surface area contributed by atoms with Crippen LogP contribution in [0.3, 0.4) is 0 Å². The third-order valence-electron chi connectivity index (χ3n) is 6.73. The molecule has 0 aromatic heterocycles. The lowest BCUT2D eigenvalue weighted by Gasteiger charge is -2.40. The van der Waals surface area contributed by atoms with Crippen LogP contribution in [-0.2, 0) is 9.84 Å².